The molecule has 1 aliphatic rings. The average Bonchev–Trinajstić information content (AvgIpc) is 3.55. The first-order valence-electron chi connectivity index (χ1n) is 9.26. The maximum absolute atomic E-state index is 13.3. The lowest BCUT2D eigenvalue weighted by Gasteiger charge is -2.14. The second-order valence-corrected chi connectivity index (χ2v) is 7.28. The number of nitrogens with zero attached hydrogens (tertiary/aromatic N) is 2. The fourth-order valence-corrected chi connectivity index (χ4v) is 3.94. The molecule has 7 heteroatoms. The summed E-state index contributed by atoms with van der Waals surface area (Å²) < 4.78 is 6.04. The number of hydrogen-bond acceptors (Lipinski definition) is 5. The summed E-state index contributed by atoms with van der Waals surface area (Å²) in [5.74, 6) is -0.306. The Morgan fingerprint density at radius 1 is 1.10 bits per heavy atom. The second kappa shape index (κ2) is 6.13. The minimum atomic E-state index is -0.697. The van der Waals surface area contributed by atoms with Gasteiger partial charge >= 0.3 is 11.7 Å². The number of nitrogens with one attached hydrogen (secondary N) is 1. The Morgan fingerprint density at radius 2 is 1.90 bits per heavy atom. The maximum atomic E-state index is 13.3. The number of ether oxygens (including phenoxy) is 1. The van der Waals surface area contributed by atoms with Crippen molar-refractivity contribution in [3.63, 3.8) is 0 Å². The molecule has 144 valence electrons. The molecule has 0 radical (unpaired) electrons. The van der Waals surface area contributed by atoms with Crippen molar-refractivity contribution in [3.05, 3.63) is 81.3 Å². The van der Waals surface area contributed by atoms with E-state index >= 15 is 0 Å². The Bertz CT molecular complexity index is 1410. The fraction of sp³-hybridized carbons (Fsp3) is 0.182. The summed E-state index contributed by atoms with van der Waals surface area (Å²) in [5, 5.41) is 1.91. The lowest BCUT2D eigenvalue weighted by atomic mass is 9.95. The van der Waals surface area contributed by atoms with Gasteiger partial charge in [0.2, 0.25) is 0 Å². The molecule has 1 N–H and O–H groups in total. The molecular weight excluding hydrogens is 370 g/mol. The molecule has 29 heavy (non-hydrogen) atoms. The van der Waals surface area contributed by atoms with E-state index in [1.165, 1.54) is 13.3 Å². The van der Waals surface area contributed by atoms with Gasteiger partial charge in [0.25, 0.3) is 5.56 Å². The number of methoxy groups -OCH3 is 1. The SMILES string of the molecule is COC(=O)C1(c2ccc3[nH]c(=O)n(-c4cncc5ccccc45)c(=O)c3c2)CC1. The zero-order chi connectivity index (χ0) is 20.2. The van der Waals surface area contributed by atoms with Crippen LogP contribution in [-0.2, 0) is 14.9 Å². The number of fused-ring (bicyclic) bond motifs is 2. The third kappa shape index (κ3) is 2.51. The van der Waals surface area contributed by atoms with E-state index in [1.54, 1.807) is 24.4 Å². The smallest absolute Gasteiger partial charge is 0.333 e. The second-order valence-electron chi connectivity index (χ2n) is 7.28. The van der Waals surface area contributed by atoms with Crippen molar-refractivity contribution < 1.29 is 9.53 Å². The molecule has 1 fully saturated rings. The number of pyridine rings is 1. The molecule has 0 saturated heterocycles. The van der Waals surface area contributed by atoms with Gasteiger partial charge in [-0.3, -0.25) is 14.6 Å². The molecule has 2 heterocycles. The molecule has 0 spiro atoms. The molecular formula is C22H17N3O4. The lowest BCUT2D eigenvalue weighted by molar-refractivity contribution is -0.143. The van der Waals surface area contributed by atoms with Gasteiger partial charge in [0, 0.05) is 17.0 Å². The number of aromatic amines is 1. The van der Waals surface area contributed by atoms with Crippen LogP contribution in [0.2, 0.25) is 0 Å². The standard InChI is InChI=1S/C22H17N3O4/c1-29-20(27)22(8-9-22)14-6-7-17-16(10-14)19(26)25(21(28)24-17)18-12-23-11-13-4-2-3-5-15(13)18/h2-7,10-12H,8-9H2,1H3,(H,24,28). The van der Waals surface area contributed by atoms with E-state index in [-0.39, 0.29) is 5.97 Å². The van der Waals surface area contributed by atoms with Crippen LogP contribution in [0.3, 0.4) is 0 Å². The van der Waals surface area contributed by atoms with Crippen molar-refractivity contribution >= 4 is 27.6 Å². The molecule has 7 nitrogen and oxygen atoms in total. The van der Waals surface area contributed by atoms with Crippen molar-refractivity contribution in [1.29, 1.82) is 0 Å². The number of aromatic nitrogens is 3. The Kier molecular flexibility index (Phi) is 3.67. The molecule has 2 aromatic heterocycles. The highest BCUT2D eigenvalue weighted by molar-refractivity contribution is 5.91. The normalized spacial score (nSPS) is 14.8. The summed E-state index contributed by atoms with van der Waals surface area (Å²) in [6, 6.07) is 12.6. The Balaban J connectivity index is 1.79. The van der Waals surface area contributed by atoms with Crippen LogP contribution in [0.5, 0.6) is 0 Å². The largest absolute Gasteiger partial charge is 0.468 e. The topological polar surface area (TPSA) is 94.1 Å². The molecule has 1 aliphatic carbocycles. The Labute approximate surface area is 164 Å². The van der Waals surface area contributed by atoms with Crippen LogP contribution in [0.15, 0.2) is 64.4 Å². The summed E-state index contributed by atoms with van der Waals surface area (Å²) in [6.07, 6.45) is 4.54. The number of rotatable bonds is 3. The lowest BCUT2D eigenvalue weighted by Crippen LogP contribution is -2.34. The Morgan fingerprint density at radius 3 is 2.66 bits per heavy atom. The number of carbonyl (C=O) groups excluding carboxylic acids is 1. The molecule has 0 bridgehead atoms. The first-order valence-corrected chi connectivity index (χ1v) is 9.26. The van der Waals surface area contributed by atoms with Crippen LogP contribution in [0.1, 0.15) is 18.4 Å². The van der Waals surface area contributed by atoms with Gasteiger partial charge in [0.15, 0.2) is 0 Å². The maximum Gasteiger partial charge on any atom is 0.333 e. The first kappa shape index (κ1) is 17.4. The van der Waals surface area contributed by atoms with Crippen LogP contribution >= 0.6 is 0 Å². The summed E-state index contributed by atoms with van der Waals surface area (Å²) in [6.45, 7) is 0. The molecule has 0 aliphatic heterocycles. The monoisotopic (exact) mass is 387 g/mol. The molecule has 1 saturated carbocycles. The van der Waals surface area contributed by atoms with Crippen molar-refractivity contribution in [3.8, 4) is 5.69 Å². The predicted octanol–water partition coefficient (Wildman–Crippen LogP) is 2.43. The summed E-state index contributed by atoms with van der Waals surface area (Å²) in [4.78, 5) is 45.3. The summed E-state index contributed by atoms with van der Waals surface area (Å²) in [5.41, 5.74) is -0.128. The Hall–Kier alpha value is -3.74. The molecule has 0 amide bonds. The molecule has 2 aromatic carbocycles. The zero-order valence-electron chi connectivity index (χ0n) is 15.6. The van der Waals surface area contributed by atoms with Crippen LogP contribution in [0, 0.1) is 0 Å². The van der Waals surface area contributed by atoms with Crippen molar-refractivity contribution in [2.75, 3.05) is 7.11 Å². The van der Waals surface area contributed by atoms with E-state index in [4.69, 9.17) is 4.74 Å². The van der Waals surface area contributed by atoms with Crippen molar-refractivity contribution in [2.24, 2.45) is 0 Å². The number of H-pyrrole nitrogens is 1. The van der Waals surface area contributed by atoms with Crippen LogP contribution in [0.4, 0.5) is 0 Å². The van der Waals surface area contributed by atoms with Crippen LogP contribution in [-0.4, -0.2) is 27.6 Å². The minimum absolute atomic E-state index is 0.306. The number of esters is 1. The predicted molar refractivity (Wildman–Crippen MR) is 108 cm³/mol. The van der Waals surface area contributed by atoms with E-state index in [0.29, 0.717) is 29.4 Å². The van der Waals surface area contributed by atoms with E-state index in [2.05, 4.69) is 9.97 Å². The van der Waals surface area contributed by atoms with Gasteiger partial charge in [0.1, 0.15) is 0 Å². The van der Waals surface area contributed by atoms with Gasteiger partial charge in [-0.25, -0.2) is 9.36 Å². The minimum Gasteiger partial charge on any atom is -0.468 e. The highest BCUT2D eigenvalue weighted by Gasteiger charge is 2.52. The van der Waals surface area contributed by atoms with Crippen molar-refractivity contribution in [1.82, 2.24) is 14.5 Å². The first-order chi connectivity index (χ1) is 14.0. The van der Waals surface area contributed by atoms with E-state index in [9.17, 15) is 14.4 Å². The fourth-order valence-electron chi connectivity index (χ4n) is 3.94. The van der Waals surface area contributed by atoms with Gasteiger partial charge in [0.05, 0.1) is 35.3 Å². The molecule has 0 atom stereocenters. The average molecular weight is 387 g/mol. The third-order valence-electron chi connectivity index (χ3n) is 5.66. The van der Waals surface area contributed by atoms with Crippen LogP contribution < -0.4 is 11.2 Å². The number of carbonyl (C=O) groups is 1. The van der Waals surface area contributed by atoms with Gasteiger partial charge in [-0.15, -0.1) is 0 Å². The van der Waals surface area contributed by atoms with Crippen molar-refractivity contribution in [2.45, 2.75) is 18.3 Å². The quantitative estimate of drug-likeness (QED) is 0.545. The van der Waals surface area contributed by atoms with E-state index in [0.717, 1.165) is 20.9 Å². The molecule has 4 aromatic rings. The third-order valence-corrected chi connectivity index (χ3v) is 5.66. The highest BCUT2D eigenvalue weighted by atomic mass is 16.5. The number of hydrogen-bond donors (Lipinski definition) is 1. The molecule has 0 unspecified atom stereocenters. The number of benzene rings is 2. The van der Waals surface area contributed by atoms with Gasteiger partial charge in [-0.05, 0) is 30.5 Å². The van der Waals surface area contributed by atoms with Crippen LogP contribution in [0.25, 0.3) is 27.4 Å². The molecule has 5 rings (SSSR count). The summed E-state index contributed by atoms with van der Waals surface area (Å²) >= 11 is 0. The van der Waals surface area contributed by atoms with E-state index in [1.807, 2.05) is 24.3 Å². The van der Waals surface area contributed by atoms with E-state index < -0.39 is 16.7 Å². The summed E-state index contributed by atoms with van der Waals surface area (Å²) in [7, 11) is 1.36. The van der Waals surface area contributed by atoms with Gasteiger partial charge in [-0.1, -0.05) is 30.3 Å². The highest BCUT2D eigenvalue weighted by Crippen LogP contribution is 2.49. The van der Waals surface area contributed by atoms with Gasteiger partial charge in [-0.2, -0.15) is 0 Å². The zero-order valence-corrected chi connectivity index (χ0v) is 15.6. The van der Waals surface area contributed by atoms with Gasteiger partial charge < -0.3 is 9.72 Å².